The summed E-state index contributed by atoms with van der Waals surface area (Å²) in [5.74, 6) is -0.939. The summed E-state index contributed by atoms with van der Waals surface area (Å²) in [5.41, 5.74) is 1.06. The molecule has 0 radical (unpaired) electrons. The van der Waals surface area contributed by atoms with Crippen LogP contribution in [-0.2, 0) is 9.59 Å². The molecule has 1 aliphatic carbocycles. The fourth-order valence-electron chi connectivity index (χ4n) is 3.06. The van der Waals surface area contributed by atoms with Crippen LogP contribution in [0.3, 0.4) is 0 Å². The number of carbonyl (C=O) groups excluding carboxylic acids is 1. The van der Waals surface area contributed by atoms with Gasteiger partial charge in [0.25, 0.3) is 5.91 Å². The second kappa shape index (κ2) is 8.56. The van der Waals surface area contributed by atoms with E-state index in [1.54, 1.807) is 6.07 Å². The lowest BCUT2D eigenvalue weighted by atomic mass is 9.87. The Hall–Kier alpha value is -2.04. The predicted octanol–water partition coefficient (Wildman–Crippen LogP) is 2.91. The number of rotatable bonds is 5. The molecule has 1 fully saturated rings. The Morgan fingerprint density at radius 3 is 2.65 bits per heavy atom. The molecule has 0 spiro atoms. The first kappa shape index (κ1) is 17.3. The van der Waals surface area contributed by atoms with Crippen LogP contribution in [0.5, 0.6) is 5.75 Å². The Kier molecular flexibility index (Phi) is 6.44. The zero-order chi connectivity index (χ0) is 16.7. The summed E-state index contributed by atoms with van der Waals surface area (Å²) in [5, 5.41) is 12.3. The van der Waals surface area contributed by atoms with Crippen LogP contribution >= 0.6 is 0 Å². The Morgan fingerprint density at radius 2 is 1.96 bits per heavy atom. The molecule has 1 aliphatic rings. The summed E-state index contributed by atoms with van der Waals surface area (Å²) >= 11 is 0. The fraction of sp³-hybridized carbons (Fsp3) is 0.556. The molecule has 5 heteroatoms. The number of aryl methyl sites for hydroxylation is 1. The lowest BCUT2D eigenvalue weighted by Gasteiger charge is -2.27. The summed E-state index contributed by atoms with van der Waals surface area (Å²) < 4.78 is 5.48. The van der Waals surface area contributed by atoms with Crippen molar-refractivity contribution in [2.45, 2.75) is 51.5 Å². The number of hydrogen-bond donors (Lipinski definition) is 2. The second-order valence-corrected chi connectivity index (χ2v) is 6.22. The van der Waals surface area contributed by atoms with Gasteiger partial charge in [-0.3, -0.25) is 9.59 Å². The molecule has 23 heavy (non-hydrogen) atoms. The van der Waals surface area contributed by atoms with Crippen LogP contribution in [0.1, 0.15) is 44.1 Å². The Morgan fingerprint density at radius 1 is 1.22 bits per heavy atom. The minimum Gasteiger partial charge on any atom is -0.484 e. The minimum atomic E-state index is -0.822. The van der Waals surface area contributed by atoms with Gasteiger partial charge >= 0.3 is 5.97 Å². The predicted molar refractivity (Wildman–Crippen MR) is 87.4 cm³/mol. The van der Waals surface area contributed by atoms with Crippen molar-refractivity contribution >= 4 is 11.9 Å². The normalized spacial score (nSPS) is 21.8. The molecule has 0 aromatic heterocycles. The van der Waals surface area contributed by atoms with Gasteiger partial charge in [0.15, 0.2) is 6.61 Å². The Balaban J connectivity index is 1.89. The number of ether oxygens (including phenoxy) is 1. The average molecular weight is 319 g/mol. The van der Waals surface area contributed by atoms with Crippen molar-refractivity contribution < 1.29 is 19.4 Å². The molecule has 0 heterocycles. The molecule has 0 aliphatic heterocycles. The van der Waals surface area contributed by atoms with Crippen LogP contribution in [0.25, 0.3) is 0 Å². The molecule has 2 atom stereocenters. The molecule has 1 aromatic carbocycles. The van der Waals surface area contributed by atoms with E-state index in [1.807, 2.05) is 25.1 Å². The maximum absolute atomic E-state index is 12.1. The van der Waals surface area contributed by atoms with E-state index in [2.05, 4.69) is 5.32 Å². The molecule has 0 saturated heterocycles. The van der Waals surface area contributed by atoms with Gasteiger partial charge in [-0.05, 0) is 37.5 Å². The monoisotopic (exact) mass is 319 g/mol. The highest BCUT2D eigenvalue weighted by Crippen LogP contribution is 2.23. The molecule has 2 N–H and O–H groups in total. The van der Waals surface area contributed by atoms with Crippen molar-refractivity contribution in [2.75, 3.05) is 6.61 Å². The van der Waals surface area contributed by atoms with Crippen molar-refractivity contribution in [1.82, 2.24) is 5.32 Å². The number of carboxylic acid groups (broad SMARTS) is 1. The highest BCUT2D eigenvalue weighted by molar-refractivity contribution is 5.79. The highest BCUT2D eigenvalue weighted by atomic mass is 16.5. The zero-order valence-electron chi connectivity index (χ0n) is 13.6. The van der Waals surface area contributed by atoms with Crippen molar-refractivity contribution in [2.24, 2.45) is 5.92 Å². The SMILES string of the molecule is Cc1cccc(OCC(=O)NC2CCCCCCC2C(=O)O)c1. The quantitative estimate of drug-likeness (QED) is 0.875. The fourth-order valence-corrected chi connectivity index (χ4v) is 3.06. The molecule has 5 nitrogen and oxygen atoms in total. The summed E-state index contributed by atoms with van der Waals surface area (Å²) in [6.45, 7) is 1.87. The molecule has 126 valence electrons. The van der Waals surface area contributed by atoms with Crippen LogP contribution in [0.2, 0.25) is 0 Å². The zero-order valence-corrected chi connectivity index (χ0v) is 13.6. The molecule has 1 amide bonds. The summed E-state index contributed by atoms with van der Waals surface area (Å²) in [4.78, 5) is 23.6. The number of amides is 1. The summed E-state index contributed by atoms with van der Waals surface area (Å²) in [6, 6.07) is 7.19. The number of benzene rings is 1. The first-order valence-electron chi connectivity index (χ1n) is 8.28. The van der Waals surface area contributed by atoms with Crippen LogP contribution < -0.4 is 10.1 Å². The van der Waals surface area contributed by atoms with Gasteiger partial charge in [-0.25, -0.2) is 0 Å². The molecular formula is C18H25NO4. The third kappa shape index (κ3) is 5.58. The number of carboxylic acids is 1. The van der Waals surface area contributed by atoms with Gasteiger partial charge in [-0.15, -0.1) is 0 Å². The van der Waals surface area contributed by atoms with Crippen LogP contribution in [0.15, 0.2) is 24.3 Å². The third-order valence-electron chi connectivity index (χ3n) is 4.29. The first-order valence-corrected chi connectivity index (χ1v) is 8.28. The van der Waals surface area contributed by atoms with Gasteiger partial charge in [-0.1, -0.05) is 37.8 Å². The maximum atomic E-state index is 12.1. The molecule has 1 aromatic rings. The lowest BCUT2D eigenvalue weighted by Crippen LogP contribution is -2.45. The standard InChI is InChI=1S/C18H25NO4/c1-13-7-6-8-14(11-13)23-12-17(20)19-16-10-5-3-2-4-9-15(16)18(21)22/h6-8,11,15-16H,2-5,9-10,12H2,1H3,(H,19,20)(H,21,22). The largest absolute Gasteiger partial charge is 0.484 e. The molecular weight excluding hydrogens is 294 g/mol. The van der Waals surface area contributed by atoms with E-state index < -0.39 is 11.9 Å². The Labute approximate surface area is 137 Å². The molecule has 1 saturated carbocycles. The highest BCUT2D eigenvalue weighted by Gasteiger charge is 2.29. The first-order chi connectivity index (χ1) is 11.1. The van der Waals surface area contributed by atoms with E-state index in [-0.39, 0.29) is 18.6 Å². The topological polar surface area (TPSA) is 75.6 Å². The summed E-state index contributed by atoms with van der Waals surface area (Å²) in [6.07, 6.45) is 5.36. The molecule has 0 bridgehead atoms. The van der Waals surface area contributed by atoms with E-state index in [9.17, 15) is 14.7 Å². The number of carbonyl (C=O) groups is 2. The van der Waals surface area contributed by atoms with Gasteiger partial charge in [0.2, 0.25) is 0 Å². The van der Waals surface area contributed by atoms with Crippen molar-refractivity contribution in [3.63, 3.8) is 0 Å². The van der Waals surface area contributed by atoms with E-state index in [4.69, 9.17) is 4.74 Å². The summed E-state index contributed by atoms with van der Waals surface area (Å²) in [7, 11) is 0. The van der Waals surface area contributed by atoms with Crippen molar-refractivity contribution in [1.29, 1.82) is 0 Å². The number of aliphatic carboxylic acids is 1. The average Bonchev–Trinajstić information content (AvgIpc) is 2.48. The van der Waals surface area contributed by atoms with E-state index in [1.165, 1.54) is 0 Å². The smallest absolute Gasteiger partial charge is 0.308 e. The van der Waals surface area contributed by atoms with E-state index >= 15 is 0 Å². The van der Waals surface area contributed by atoms with E-state index in [0.717, 1.165) is 31.2 Å². The van der Waals surface area contributed by atoms with Crippen molar-refractivity contribution in [3.05, 3.63) is 29.8 Å². The van der Waals surface area contributed by atoms with Gasteiger partial charge < -0.3 is 15.2 Å². The van der Waals surface area contributed by atoms with Crippen molar-refractivity contribution in [3.8, 4) is 5.75 Å². The Bertz CT molecular complexity index is 544. The van der Waals surface area contributed by atoms with Crippen LogP contribution in [0.4, 0.5) is 0 Å². The number of hydrogen-bond acceptors (Lipinski definition) is 3. The van der Waals surface area contributed by atoms with Crippen LogP contribution in [-0.4, -0.2) is 29.6 Å². The second-order valence-electron chi connectivity index (χ2n) is 6.22. The lowest BCUT2D eigenvalue weighted by molar-refractivity contribution is -0.143. The van der Waals surface area contributed by atoms with Gasteiger partial charge in [0, 0.05) is 6.04 Å². The van der Waals surface area contributed by atoms with Gasteiger partial charge in [0.05, 0.1) is 5.92 Å². The molecule has 2 unspecified atom stereocenters. The third-order valence-corrected chi connectivity index (χ3v) is 4.29. The van der Waals surface area contributed by atoms with Gasteiger partial charge in [-0.2, -0.15) is 0 Å². The molecule has 2 rings (SSSR count). The minimum absolute atomic E-state index is 0.0910. The van der Waals surface area contributed by atoms with Gasteiger partial charge in [0.1, 0.15) is 5.75 Å². The van der Waals surface area contributed by atoms with E-state index in [0.29, 0.717) is 18.6 Å². The van der Waals surface area contributed by atoms with Crippen LogP contribution in [0, 0.1) is 12.8 Å². The maximum Gasteiger partial charge on any atom is 0.308 e. The number of nitrogens with one attached hydrogen (secondary N) is 1.